The molecule has 0 aromatic heterocycles. The number of likely N-dealkylation sites (tertiary alicyclic amines) is 1. The molecule has 28 heavy (non-hydrogen) atoms. The molecule has 5 heteroatoms. The summed E-state index contributed by atoms with van der Waals surface area (Å²) in [5.41, 5.74) is 2.96. The minimum absolute atomic E-state index is 0.0407. The summed E-state index contributed by atoms with van der Waals surface area (Å²) in [6, 6.07) is 5.67. The van der Waals surface area contributed by atoms with Gasteiger partial charge in [0.05, 0.1) is 19.7 Å². The van der Waals surface area contributed by atoms with Gasteiger partial charge in [0.1, 0.15) is 0 Å². The van der Waals surface area contributed by atoms with Gasteiger partial charge in [-0.25, -0.2) is 0 Å². The maximum absolute atomic E-state index is 12.6. The molecule has 0 saturated carbocycles. The van der Waals surface area contributed by atoms with E-state index in [-0.39, 0.29) is 24.5 Å². The fourth-order valence-corrected chi connectivity index (χ4v) is 2.93. The Hall–Kier alpha value is -1.88. The zero-order valence-electron chi connectivity index (χ0n) is 18.9. The Morgan fingerprint density at radius 3 is 2.18 bits per heavy atom. The fourth-order valence-electron chi connectivity index (χ4n) is 2.93. The first-order valence-electron chi connectivity index (χ1n) is 10.6. The smallest absolute Gasteiger partial charge is 0.319 e. The molecule has 1 aromatic carbocycles. The molecule has 1 amide bonds. The molecule has 1 saturated heterocycles. The van der Waals surface area contributed by atoms with Gasteiger partial charge in [0.25, 0.3) is 0 Å². The standard InChI is InChI=1S/C17H24N2O3.C4H10.C2H6/c1-12-7-6-8-13(2)16(12)18-17(21)14-9-4-5-10-19(14)11-15(20)22-3;1-3-4-2;1-2/h6-8,14H,4-5,9-11H2,1-3H3,(H,18,21);3-4H2,1-2H3;1-2H3. The van der Waals surface area contributed by atoms with Gasteiger partial charge >= 0.3 is 5.97 Å². The predicted octanol–water partition coefficient (Wildman–Crippen LogP) is 5.10. The van der Waals surface area contributed by atoms with Gasteiger partial charge in [-0.05, 0) is 44.4 Å². The highest BCUT2D eigenvalue weighted by atomic mass is 16.5. The zero-order valence-corrected chi connectivity index (χ0v) is 18.9. The van der Waals surface area contributed by atoms with Crippen molar-refractivity contribution in [1.29, 1.82) is 0 Å². The molecule has 1 atom stereocenters. The minimum atomic E-state index is -0.299. The highest BCUT2D eigenvalue weighted by molar-refractivity contribution is 5.96. The third kappa shape index (κ3) is 8.87. The molecular weight excluding hydrogens is 352 g/mol. The van der Waals surface area contributed by atoms with Gasteiger partial charge in [-0.2, -0.15) is 0 Å². The number of ether oxygens (including phenoxy) is 1. The Morgan fingerprint density at radius 2 is 1.68 bits per heavy atom. The van der Waals surface area contributed by atoms with Crippen LogP contribution >= 0.6 is 0 Å². The summed E-state index contributed by atoms with van der Waals surface area (Å²) in [5.74, 6) is -0.340. The predicted molar refractivity (Wildman–Crippen MR) is 118 cm³/mol. The lowest BCUT2D eigenvalue weighted by molar-refractivity contribution is -0.143. The molecule has 1 aliphatic heterocycles. The van der Waals surface area contributed by atoms with Gasteiger partial charge in [0.15, 0.2) is 0 Å². The van der Waals surface area contributed by atoms with E-state index in [4.69, 9.17) is 4.74 Å². The quantitative estimate of drug-likeness (QED) is 0.708. The van der Waals surface area contributed by atoms with Crippen molar-refractivity contribution in [3.63, 3.8) is 0 Å². The summed E-state index contributed by atoms with van der Waals surface area (Å²) in [6.07, 6.45) is 5.42. The van der Waals surface area contributed by atoms with Crippen LogP contribution in [-0.4, -0.2) is 43.0 Å². The molecule has 1 N–H and O–H groups in total. The molecule has 0 aliphatic carbocycles. The topological polar surface area (TPSA) is 58.6 Å². The number of esters is 1. The number of carbonyl (C=O) groups is 2. The van der Waals surface area contributed by atoms with Gasteiger partial charge in [0, 0.05) is 5.69 Å². The second-order valence-electron chi connectivity index (χ2n) is 6.81. The summed E-state index contributed by atoms with van der Waals surface area (Å²) in [6.45, 7) is 13.2. The van der Waals surface area contributed by atoms with E-state index >= 15 is 0 Å². The Morgan fingerprint density at radius 1 is 1.11 bits per heavy atom. The van der Waals surface area contributed by atoms with Crippen LogP contribution in [-0.2, 0) is 14.3 Å². The van der Waals surface area contributed by atoms with Crippen LogP contribution in [0.2, 0.25) is 0 Å². The summed E-state index contributed by atoms with van der Waals surface area (Å²) >= 11 is 0. The Labute approximate surface area is 171 Å². The van der Waals surface area contributed by atoms with Crippen LogP contribution in [0.3, 0.4) is 0 Å². The lowest BCUT2D eigenvalue weighted by atomic mass is 10.0. The second-order valence-corrected chi connectivity index (χ2v) is 6.81. The molecule has 1 aliphatic rings. The van der Waals surface area contributed by atoms with Crippen molar-refractivity contribution in [3.05, 3.63) is 29.3 Å². The van der Waals surface area contributed by atoms with E-state index in [0.717, 1.165) is 42.6 Å². The summed E-state index contributed by atoms with van der Waals surface area (Å²) < 4.78 is 4.73. The molecule has 0 radical (unpaired) electrons. The zero-order chi connectivity index (χ0) is 21.5. The number of amides is 1. The highest BCUT2D eigenvalue weighted by Crippen LogP contribution is 2.23. The summed E-state index contributed by atoms with van der Waals surface area (Å²) in [5, 5.41) is 3.04. The van der Waals surface area contributed by atoms with Crippen molar-refractivity contribution in [3.8, 4) is 0 Å². The molecule has 1 unspecified atom stereocenters. The van der Waals surface area contributed by atoms with Gasteiger partial charge in [-0.3, -0.25) is 14.5 Å². The number of nitrogens with zero attached hydrogens (tertiary/aromatic N) is 1. The maximum Gasteiger partial charge on any atom is 0.319 e. The van der Waals surface area contributed by atoms with E-state index in [2.05, 4.69) is 19.2 Å². The Kier molecular flexibility index (Phi) is 14.1. The Balaban J connectivity index is 0.00000108. The fraction of sp³-hybridized carbons (Fsp3) is 0.652. The third-order valence-corrected chi connectivity index (χ3v) is 4.71. The molecule has 5 nitrogen and oxygen atoms in total. The summed E-state index contributed by atoms with van der Waals surface area (Å²) in [4.78, 5) is 26.1. The number of nitrogens with one attached hydrogen (secondary N) is 1. The third-order valence-electron chi connectivity index (χ3n) is 4.71. The number of hydrogen-bond acceptors (Lipinski definition) is 4. The normalized spacial score (nSPS) is 16.0. The maximum atomic E-state index is 12.6. The lowest BCUT2D eigenvalue weighted by Crippen LogP contribution is -2.49. The number of piperidine rings is 1. The molecular formula is C23H40N2O3. The number of unbranched alkanes of at least 4 members (excludes halogenated alkanes) is 1. The number of aryl methyl sites for hydroxylation is 2. The number of anilines is 1. The van der Waals surface area contributed by atoms with Gasteiger partial charge < -0.3 is 10.1 Å². The number of benzene rings is 1. The SMILES string of the molecule is CC.CCCC.COC(=O)CN1CCCCC1C(=O)Nc1c(C)cccc1C. The molecule has 160 valence electrons. The van der Waals surface area contributed by atoms with E-state index < -0.39 is 0 Å². The van der Waals surface area contributed by atoms with Crippen molar-refractivity contribution in [2.45, 2.75) is 79.7 Å². The van der Waals surface area contributed by atoms with Gasteiger partial charge in [-0.15, -0.1) is 0 Å². The van der Waals surface area contributed by atoms with Crippen molar-refractivity contribution < 1.29 is 14.3 Å². The number of carbonyl (C=O) groups excluding carboxylic acids is 2. The van der Waals surface area contributed by atoms with E-state index in [9.17, 15) is 9.59 Å². The number of methoxy groups -OCH3 is 1. The largest absolute Gasteiger partial charge is 0.468 e. The van der Waals surface area contributed by atoms with Gasteiger partial charge in [0.2, 0.25) is 5.91 Å². The van der Waals surface area contributed by atoms with Crippen LogP contribution < -0.4 is 5.32 Å². The monoisotopic (exact) mass is 392 g/mol. The van der Waals surface area contributed by atoms with E-state index in [1.807, 2.05) is 50.8 Å². The van der Waals surface area contributed by atoms with Crippen molar-refractivity contribution >= 4 is 17.6 Å². The van der Waals surface area contributed by atoms with Crippen molar-refractivity contribution in [2.24, 2.45) is 0 Å². The van der Waals surface area contributed by atoms with Crippen LogP contribution in [0.4, 0.5) is 5.69 Å². The second kappa shape index (κ2) is 15.1. The van der Waals surface area contributed by atoms with Crippen LogP contribution in [0.15, 0.2) is 18.2 Å². The number of para-hydroxylation sites is 1. The molecule has 0 bridgehead atoms. The molecule has 1 aromatic rings. The first-order chi connectivity index (χ1) is 13.4. The van der Waals surface area contributed by atoms with Crippen molar-refractivity contribution in [1.82, 2.24) is 4.90 Å². The van der Waals surface area contributed by atoms with E-state index in [1.54, 1.807) is 0 Å². The van der Waals surface area contributed by atoms with Gasteiger partial charge in [-0.1, -0.05) is 65.2 Å². The number of hydrogen-bond donors (Lipinski definition) is 1. The Bertz CT molecular complexity index is 565. The van der Waals surface area contributed by atoms with Crippen LogP contribution in [0.1, 0.15) is 70.9 Å². The summed E-state index contributed by atoms with van der Waals surface area (Å²) in [7, 11) is 1.37. The van der Waals surface area contributed by atoms with Crippen LogP contribution in [0.25, 0.3) is 0 Å². The highest BCUT2D eigenvalue weighted by Gasteiger charge is 2.30. The minimum Gasteiger partial charge on any atom is -0.468 e. The van der Waals surface area contributed by atoms with E-state index in [1.165, 1.54) is 20.0 Å². The molecule has 1 heterocycles. The van der Waals surface area contributed by atoms with Crippen molar-refractivity contribution in [2.75, 3.05) is 25.5 Å². The first kappa shape index (κ1) is 26.1. The lowest BCUT2D eigenvalue weighted by Gasteiger charge is -2.33. The first-order valence-corrected chi connectivity index (χ1v) is 10.6. The average molecular weight is 393 g/mol. The number of rotatable bonds is 5. The van der Waals surface area contributed by atoms with E-state index in [0.29, 0.717) is 0 Å². The average Bonchev–Trinajstić information content (AvgIpc) is 2.72. The van der Waals surface area contributed by atoms with Crippen LogP contribution in [0.5, 0.6) is 0 Å². The molecule has 1 fully saturated rings. The molecule has 2 rings (SSSR count). The van der Waals surface area contributed by atoms with Crippen LogP contribution in [0, 0.1) is 13.8 Å². The molecule has 0 spiro atoms.